The first-order chi connectivity index (χ1) is 8.40. The number of hydrogen-bond acceptors (Lipinski definition) is 2. The van der Waals surface area contributed by atoms with Crippen molar-refractivity contribution >= 4 is 27.3 Å². The van der Waals surface area contributed by atoms with Gasteiger partial charge in [0.05, 0.1) is 0 Å². The Balaban J connectivity index is 2.18. The summed E-state index contributed by atoms with van der Waals surface area (Å²) in [5, 5.41) is 2.16. The van der Waals surface area contributed by atoms with Crippen LogP contribution in [0.1, 0.15) is 44.9 Å². The lowest BCUT2D eigenvalue weighted by Gasteiger charge is -2.46. The fourth-order valence-electron chi connectivity index (χ4n) is 3.63. The molecule has 1 fully saturated rings. The van der Waals surface area contributed by atoms with Gasteiger partial charge in [-0.15, -0.1) is 11.3 Å². The van der Waals surface area contributed by atoms with Gasteiger partial charge < -0.3 is 5.73 Å². The van der Waals surface area contributed by atoms with E-state index in [1.54, 1.807) is 0 Å². The molecule has 1 nitrogen and oxygen atoms in total. The summed E-state index contributed by atoms with van der Waals surface area (Å²) in [6, 6.07) is 2.23. The van der Waals surface area contributed by atoms with Crippen molar-refractivity contribution in [1.29, 1.82) is 0 Å². The third-order valence-corrected chi connectivity index (χ3v) is 6.06. The van der Waals surface area contributed by atoms with E-state index in [2.05, 4.69) is 48.1 Å². The molecule has 3 heteroatoms. The molecule has 1 heterocycles. The second kappa shape index (κ2) is 5.64. The summed E-state index contributed by atoms with van der Waals surface area (Å²) in [6.45, 7) is 7.00. The summed E-state index contributed by atoms with van der Waals surface area (Å²) >= 11 is 5.37. The lowest BCUT2D eigenvalue weighted by molar-refractivity contribution is 0.110. The van der Waals surface area contributed by atoms with E-state index >= 15 is 0 Å². The standard InChI is InChI=1S/C15H24BrNS/c1-10(2)14-5-4-11(3)7-15(14,17)8-13-6-12(16)9-18-13/h6,9-11,14H,4-5,7-8,17H2,1-3H3. The molecule has 0 saturated heterocycles. The number of thiophene rings is 1. The smallest absolute Gasteiger partial charge is 0.0285 e. The van der Waals surface area contributed by atoms with Gasteiger partial charge in [-0.3, -0.25) is 0 Å². The molecule has 102 valence electrons. The van der Waals surface area contributed by atoms with E-state index in [0.717, 1.165) is 12.3 Å². The van der Waals surface area contributed by atoms with E-state index < -0.39 is 0 Å². The van der Waals surface area contributed by atoms with Crippen LogP contribution >= 0.6 is 27.3 Å². The van der Waals surface area contributed by atoms with Crippen LogP contribution in [0.2, 0.25) is 0 Å². The topological polar surface area (TPSA) is 26.0 Å². The predicted molar refractivity (Wildman–Crippen MR) is 84.0 cm³/mol. The zero-order valence-electron chi connectivity index (χ0n) is 11.6. The molecule has 18 heavy (non-hydrogen) atoms. The fraction of sp³-hybridized carbons (Fsp3) is 0.733. The third-order valence-electron chi connectivity index (χ3n) is 4.37. The summed E-state index contributed by atoms with van der Waals surface area (Å²) in [7, 11) is 0. The van der Waals surface area contributed by atoms with Crippen LogP contribution < -0.4 is 5.73 Å². The zero-order valence-corrected chi connectivity index (χ0v) is 14.0. The second-order valence-corrected chi connectivity index (χ2v) is 8.29. The largest absolute Gasteiger partial charge is 0.325 e. The van der Waals surface area contributed by atoms with Gasteiger partial charge in [0.15, 0.2) is 0 Å². The summed E-state index contributed by atoms with van der Waals surface area (Å²) < 4.78 is 1.19. The molecule has 3 unspecified atom stereocenters. The van der Waals surface area contributed by atoms with E-state index in [1.807, 2.05) is 11.3 Å². The van der Waals surface area contributed by atoms with Crippen LogP contribution in [0.25, 0.3) is 0 Å². The van der Waals surface area contributed by atoms with Crippen molar-refractivity contribution in [2.75, 3.05) is 0 Å². The SMILES string of the molecule is CC1CCC(C(C)C)C(N)(Cc2cc(Br)cs2)C1. The van der Waals surface area contributed by atoms with Crippen molar-refractivity contribution in [3.05, 3.63) is 20.8 Å². The normalized spacial score (nSPS) is 33.0. The van der Waals surface area contributed by atoms with Gasteiger partial charge in [-0.25, -0.2) is 0 Å². The van der Waals surface area contributed by atoms with Crippen LogP contribution in [0, 0.1) is 17.8 Å². The summed E-state index contributed by atoms with van der Waals surface area (Å²) in [6.07, 6.45) is 4.85. The third kappa shape index (κ3) is 3.17. The molecule has 2 rings (SSSR count). The molecule has 0 aliphatic heterocycles. The Morgan fingerprint density at radius 3 is 2.78 bits per heavy atom. The van der Waals surface area contributed by atoms with Crippen LogP contribution in [0.3, 0.4) is 0 Å². The van der Waals surface area contributed by atoms with Gasteiger partial charge in [0.2, 0.25) is 0 Å². The first kappa shape index (κ1) is 14.5. The molecule has 1 aromatic heterocycles. The Hall–Kier alpha value is 0.140. The molecule has 1 aromatic rings. The van der Waals surface area contributed by atoms with Gasteiger partial charge in [-0.05, 0) is 52.6 Å². The average molecular weight is 330 g/mol. The summed E-state index contributed by atoms with van der Waals surface area (Å²) in [5.74, 6) is 2.12. The quantitative estimate of drug-likeness (QED) is 0.843. The Bertz CT molecular complexity index is 401. The zero-order chi connectivity index (χ0) is 13.3. The van der Waals surface area contributed by atoms with Crippen molar-refractivity contribution < 1.29 is 0 Å². The molecule has 2 N–H and O–H groups in total. The number of nitrogens with two attached hydrogens (primary N) is 1. The minimum atomic E-state index is -0.00384. The second-order valence-electron chi connectivity index (χ2n) is 6.38. The van der Waals surface area contributed by atoms with Gasteiger partial charge in [-0.2, -0.15) is 0 Å². The molecule has 3 atom stereocenters. The van der Waals surface area contributed by atoms with Crippen LogP contribution in [0.15, 0.2) is 15.9 Å². The highest BCUT2D eigenvalue weighted by atomic mass is 79.9. The molecular formula is C15H24BrNS. The molecule has 1 saturated carbocycles. The van der Waals surface area contributed by atoms with Gasteiger partial charge in [-0.1, -0.05) is 27.2 Å². The van der Waals surface area contributed by atoms with Gasteiger partial charge >= 0.3 is 0 Å². The molecule has 0 amide bonds. The maximum atomic E-state index is 6.83. The Morgan fingerprint density at radius 1 is 1.50 bits per heavy atom. The van der Waals surface area contributed by atoms with Gasteiger partial charge in [0.25, 0.3) is 0 Å². The van der Waals surface area contributed by atoms with E-state index in [0.29, 0.717) is 11.8 Å². The fourth-order valence-corrected chi connectivity index (χ4v) is 5.21. The Morgan fingerprint density at radius 2 is 2.22 bits per heavy atom. The monoisotopic (exact) mass is 329 g/mol. The predicted octanol–water partition coefficient (Wildman–Crippen LogP) is 4.84. The highest BCUT2D eigenvalue weighted by Crippen LogP contribution is 2.42. The van der Waals surface area contributed by atoms with Gasteiger partial charge in [0, 0.05) is 26.7 Å². The summed E-state index contributed by atoms with van der Waals surface area (Å²) in [5.41, 5.74) is 6.82. The van der Waals surface area contributed by atoms with Crippen molar-refractivity contribution in [3.63, 3.8) is 0 Å². The van der Waals surface area contributed by atoms with E-state index in [4.69, 9.17) is 5.73 Å². The van der Waals surface area contributed by atoms with E-state index in [9.17, 15) is 0 Å². The molecular weight excluding hydrogens is 306 g/mol. The number of hydrogen-bond donors (Lipinski definition) is 1. The van der Waals surface area contributed by atoms with Crippen LogP contribution in [0.4, 0.5) is 0 Å². The Kier molecular flexibility index (Phi) is 4.56. The highest BCUT2D eigenvalue weighted by molar-refractivity contribution is 9.10. The van der Waals surface area contributed by atoms with E-state index in [1.165, 1.54) is 28.6 Å². The molecule has 1 aliphatic carbocycles. The number of rotatable bonds is 3. The lowest BCUT2D eigenvalue weighted by atomic mass is 9.64. The minimum Gasteiger partial charge on any atom is -0.325 e. The molecule has 1 aliphatic rings. The van der Waals surface area contributed by atoms with Crippen molar-refractivity contribution in [3.8, 4) is 0 Å². The molecule has 0 radical (unpaired) electrons. The number of halogens is 1. The highest BCUT2D eigenvalue weighted by Gasteiger charge is 2.41. The van der Waals surface area contributed by atoms with Crippen molar-refractivity contribution in [1.82, 2.24) is 0 Å². The van der Waals surface area contributed by atoms with Crippen molar-refractivity contribution in [2.45, 2.75) is 52.0 Å². The average Bonchev–Trinajstić information content (AvgIpc) is 2.62. The van der Waals surface area contributed by atoms with Gasteiger partial charge in [0.1, 0.15) is 0 Å². The lowest BCUT2D eigenvalue weighted by Crippen LogP contribution is -2.54. The Labute approximate surface area is 123 Å². The first-order valence-corrected chi connectivity index (χ1v) is 8.60. The first-order valence-electron chi connectivity index (χ1n) is 6.92. The van der Waals surface area contributed by atoms with Crippen LogP contribution in [-0.2, 0) is 6.42 Å². The maximum Gasteiger partial charge on any atom is 0.0285 e. The minimum absolute atomic E-state index is 0.00384. The summed E-state index contributed by atoms with van der Waals surface area (Å²) in [4.78, 5) is 1.42. The van der Waals surface area contributed by atoms with Crippen LogP contribution in [-0.4, -0.2) is 5.54 Å². The maximum absolute atomic E-state index is 6.83. The van der Waals surface area contributed by atoms with Crippen molar-refractivity contribution in [2.24, 2.45) is 23.5 Å². The van der Waals surface area contributed by atoms with E-state index in [-0.39, 0.29) is 5.54 Å². The molecule has 0 bridgehead atoms. The molecule has 0 aromatic carbocycles. The van der Waals surface area contributed by atoms with Crippen LogP contribution in [0.5, 0.6) is 0 Å². The molecule has 0 spiro atoms.